The molecular weight excluding hydrogens is 379 g/mol. The summed E-state index contributed by atoms with van der Waals surface area (Å²) in [5.74, 6) is 0.958. The molecule has 0 saturated carbocycles. The Morgan fingerprint density at radius 2 is 1.86 bits per heavy atom. The molecule has 1 N–H and O–H groups in total. The molecule has 5 nitrogen and oxygen atoms in total. The number of thiazole rings is 1. The standard InChI is InChI=1S/C21H19FN2O3S/c1-26-18-7-9-19(10-8-18)27-13-12-23-20(25)11-6-17-14-28-21(24-17)15-2-4-16(22)5-3-15/h2-11,14H,12-13H2,1H3,(H,23,25). The monoisotopic (exact) mass is 398 g/mol. The number of rotatable bonds is 8. The molecule has 0 atom stereocenters. The molecule has 2 aromatic carbocycles. The lowest BCUT2D eigenvalue weighted by Gasteiger charge is -2.07. The van der Waals surface area contributed by atoms with Crippen molar-refractivity contribution in [1.29, 1.82) is 0 Å². The van der Waals surface area contributed by atoms with Crippen LogP contribution in [0.2, 0.25) is 0 Å². The number of aromatic nitrogens is 1. The van der Waals surface area contributed by atoms with Crippen LogP contribution in [0.3, 0.4) is 0 Å². The predicted molar refractivity (Wildman–Crippen MR) is 108 cm³/mol. The van der Waals surface area contributed by atoms with Crippen molar-refractivity contribution in [1.82, 2.24) is 10.3 Å². The summed E-state index contributed by atoms with van der Waals surface area (Å²) in [6.07, 6.45) is 3.07. The van der Waals surface area contributed by atoms with Crippen LogP contribution in [0.5, 0.6) is 11.5 Å². The van der Waals surface area contributed by atoms with E-state index in [0.717, 1.165) is 16.3 Å². The first-order chi connectivity index (χ1) is 13.6. The third kappa shape index (κ3) is 5.65. The number of nitrogens with one attached hydrogen (secondary N) is 1. The third-order valence-corrected chi connectivity index (χ3v) is 4.66. The summed E-state index contributed by atoms with van der Waals surface area (Å²) in [5.41, 5.74) is 1.51. The van der Waals surface area contributed by atoms with Crippen LogP contribution in [-0.4, -0.2) is 31.2 Å². The minimum absolute atomic E-state index is 0.227. The molecule has 0 fully saturated rings. The van der Waals surface area contributed by atoms with Gasteiger partial charge in [0.1, 0.15) is 28.9 Å². The molecule has 3 rings (SSSR count). The highest BCUT2D eigenvalue weighted by molar-refractivity contribution is 7.13. The van der Waals surface area contributed by atoms with Gasteiger partial charge in [0.05, 0.1) is 19.3 Å². The molecule has 28 heavy (non-hydrogen) atoms. The number of hydrogen-bond acceptors (Lipinski definition) is 5. The molecule has 144 valence electrons. The van der Waals surface area contributed by atoms with E-state index in [2.05, 4.69) is 10.3 Å². The summed E-state index contributed by atoms with van der Waals surface area (Å²) in [6, 6.07) is 13.4. The van der Waals surface area contributed by atoms with Crippen molar-refractivity contribution in [2.24, 2.45) is 0 Å². The molecule has 0 radical (unpaired) electrons. The van der Waals surface area contributed by atoms with Crippen LogP contribution < -0.4 is 14.8 Å². The van der Waals surface area contributed by atoms with E-state index in [0.29, 0.717) is 24.6 Å². The van der Waals surface area contributed by atoms with Gasteiger partial charge in [-0.25, -0.2) is 9.37 Å². The minimum Gasteiger partial charge on any atom is -0.497 e. The highest BCUT2D eigenvalue weighted by Gasteiger charge is 2.04. The van der Waals surface area contributed by atoms with Crippen molar-refractivity contribution in [2.75, 3.05) is 20.3 Å². The van der Waals surface area contributed by atoms with Gasteiger partial charge >= 0.3 is 0 Å². The molecule has 1 amide bonds. The molecule has 0 saturated heterocycles. The number of benzene rings is 2. The van der Waals surface area contributed by atoms with Crippen molar-refractivity contribution in [3.8, 4) is 22.1 Å². The molecule has 3 aromatic rings. The number of hydrogen-bond donors (Lipinski definition) is 1. The number of amides is 1. The molecular formula is C21H19FN2O3S. The molecule has 1 heterocycles. The van der Waals surface area contributed by atoms with Crippen LogP contribution in [0, 0.1) is 5.82 Å². The van der Waals surface area contributed by atoms with Crippen LogP contribution in [0.1, 0.15) is 5.69 Å². The third-order valence-electron chi connectivity index (χ3n) is 3.75. The molecule has 0 aliphatic carbocycles. The van der Waals surface area contributed by atoms with E-state index in [1.807, 2.05) is 29.6 Å². The number of nitrogens with zero attached hydrogens (tertiary/aromatic N) is 1. The van der Waals surface area contributed by atoms with E-state index in [-0.39, 0.29) is 11.7 Å². The van der Waals surface area contributed by atoms with Crippen LogP contribution in [0.4, 0.5) is 4.39 Å². The quantitative estimate of drug-likeness (QED) is 0.457. The van der Waals surface area contributed by atoms with Gasteiger partial charge < -0.3 is 14.8 Å². The van der Waals surface area contributed by atoms with E-state index in [1.54, 1.807) is 25.3 Å². The molecule has 0 bridgehead atoms. The van der Waals surface area contributed by atoms with Gasteiger partial charge in [0, 0.05) is 17.0 Å². The number of ether oxygens (including phenoxy) is 2. The Kier molecular flexibility index (Phi) is 6.75. The van der Waals surface area contributed by atoms with E-state index in [9.17, 15) is 9.18 Å². The molecule has 0 aliphatic rings. The average molecular weight is 398 g/mol. The van der Waals surface area contributed by atoms with Gasteiger partial charge in [-0.2, -0.15) is 0 Å². The number of halogens is 1. The zero-order valence-corrected chi connectivity index (χ0v) is 16.0. The lowest BCUT2D eigenvalue weighted by atomic mass is 10.2. The van der Waals surface area contributed by atoms with Gasteiger partial charge in [-0.15, -0.1) is 11.3 Å². The van der Waals surface area contributed by atoms with Crippen LogP contribution in [0.25, 0.3) is 16.6 Å². The SMILES string of the molecule is COc1ccc(OCCNC(=O)C=Cc2csc(-c3ccc(F)cc3)n2)cc1. The summed E-state index contributed by atoms with van der Waals surface area (Å²) in [6.45, 7) is 0.740. The highest BCUT2D eigenvalue weighted by Crippen LogP contribution is 2.24. The fourth-order valence-corrected chi connectivity index (χ4v) is 3.12. The Bertz CT molecular complexity index is 937. The zero-order valence-electron chi connectivity index (χ0n) is 15.2. The van der Waals surface area contributed by atoms with Gasteiger partial charge in [-0.1, -0.05) is 0 Å². The first-order valence-electron chi connectivity index (χ1n) is 8.58. The number of carbonyl (C=O) groups is 1. The van der Waals surface area contributed by atoms with E-state index >= 15 is 0 Å². The Morgan fingerprint density at radius 3 is 2.57 bits per heavy atom. The lowest BCUT2D eigenvalue weighted by molar-refractivity contribution is -0.116. The predicted octanol–water partition coefficient (Wildman–Crippen LogP) is 4.17. The van der Waals surface area contributed by atoms with Crippen LogP contribution >= 0.6 is 11.3 Å². The smallest absolute Gasteiger partial charge is 0.244 e. The van der Waals surface area contributed by atoms with E-state index < -0.39 is 0 Å². The Hall–Kier alpha value is -3.19. The second-order valence-corrected chi connectivity index (χ2v) is 6.59. The highest BCUT2D eigenvalue weighted by atomic mass is 32.1. The maximum Gasteiger partial charge on any atom is 0.244 e. The largest absolute Gasteiger partial charge is 0.497 e. The summed E-state index contributed by atoms with van der Waals surface area (Å²) in [7, 11) is 1.61. The van der Waals surface area contributed by atoms with Crippen molar-refractivity contribution in [2.45, 2.75) is 0 Å². The molecule has 7 heteroatoms. The normalized spacial score (nSPS) is 10.8. The second-order valence-electron chi connectivity index (χ2n) is 5.73. The van der Waals surface area contributed by atoms with Crippen molar-refractivity contribution < 1.29 is 18.7 Å². The molecule has 0 unspecified atom stereocenters. The fourth-order valence-electron chi connectivity index (χ4n) is 2.32. The first kappa shape index (κ1) is 19.6. The average Bonchev–Trinajstić information content (AvgIpc) is 3.20. The van der Waals surface area contributed by atoms with Gasteiger partial charge in [-0.3, -0.25) is 4.79 Å². The van der Waals surface area contributed by atoms with Gasteiger partial charge in [0.2, 0.25) is 5.91 Å². The minimum atomic E-state index is -0.284. The van der Waals surface area contributed by atoms with Gasteiger partial charge in [-0.05, 0) is 54.6 Å². The second kappa shape index (κ2) is 9.66. The lowest BCUT2D eigenvalue weighted by Crippen LogP contribution is -2.26. The molecule has 1 aromatic heterocycles. The van der Waals surface area contributed by atoms with Crippen molar-refractivity contribution >= 4 is 23.3 Å². The maximum absolute atomic E-state index is 13.0. The first-order valence-corrected chi connectivity index (χ1v) is 9.46. The fraction of sp³-hybridized carbons (Fsp3) is 0.143. The van der Waals surface area contributed by atoms with Gasteiger partial charge in [0.25, 0.3) is 0 Å². The van der Waals surface area contributed by atoms with Crippen LogP contribution in [0.15, 0.2) is 60.0 Å². The summed E-state index contributed by atoms with van der Waals surface area (Å²) >= 11 is 1.44. The molecule has 0 aliphatic heterocycles. The van der Waals surface area contributed by atoms with Crippen molar-refractivity contribution in [3.05, 3.63) is 71.5 Å². The summed E-state index contributed by atoms with van der Waals surface area (Å²) in [5, 5.41) is 5.36. The topological polar surface area (TPSA) is 60.5 Å². The number of carbonyl (C=O) groups excluding carboxylic acids is 1. The maximum atomic E-state index is 13.0. The number of methoxy groups -OCH3 is 1. The van der Waals surface area contributed by atoms with E-state index in [1.165, 1.54) is 29.5 Å². The van der Waals surface area contributed by atoms with Crippen molar-refractivity contribution in [3.63, 3.8) is 0 Å². The Balaban J connectivity index is 1.43. The van der Waals surface area contributed by atoms with E-state index in [4.69, 9.17) is 9.47 Å². The van der Waals surface area contributed by atoms with Crippen LogP contribution in [-0.2, 0) is 4.79 Å². The summed E-state index contributed by atoms with van der Waals surface area (Å²) < 4.78 is 23.6. The molecule has 0 spiro atoms. The Morgan fingerprint density at radius 1 is 1.14 bits per heavy atom. The van der Waals surface area contributed by atoms with Gasteiger partial charge in [0.15, 0.2) is 0 Å². The summed E-state index contributed by atoms with van der Waals surface area (Å²) in [4.78, 5) is 16.3. The Labute approximate surface area is 166 Å². The zero-order chi connectivity index (χ0) is 19.8.